The molecule has 0 heterocycles. The molecule has 0 saturated carbocycles. The highest BCUT2D eigenvalue weighted by Crippen LogP contribution is 2.40. The minimum atomic E-state index is -0.473. The van der Waals surface area contributed by atoms with Crippen LogP contribution in [0.4, 0.5) is 4.39 Å². The van der Waals surface area contributed by atoms with Crippen LogP contribution in [0.3, 0.4) is 0 Å². The number of benzene rings is 3. The fourth-order valence-electron chi connectivity index (χ4n) is 2.45. The van der Waals surface area contributed by atoms with Crippen molar-refractivity contribution in [2.75, 3.05) is 0 Å². The molecule has 0 aromatic heterocycles. The molecule has 1 N–H and O–H groups in total. The van der Waals surface area contributed by atoms with E-state index >= 15 is 0 Å². The third-order valence-electron chi connectivity index (χ3n) is 3.42. The Hall–Kier alpha value is -1.74. The summed E-state index contributed by atoms with van der Waals surface area (Å²) in [6, 6.07) is 14.2. The van der Waals surface area contributed by atoms with Crippen molar-refractivity contribution in [3.05, 3.63) is 75.5 Å². The van der Waals surface area contributed by atoms with Gasteiger partial charge in [0.15, 0.2) is 0 Å². The summed E-state index contributed by atoms with van der Waals surface area (Å²) in [4.78, 5) is 0. The van der Waals surface area contributed by atoms with Gasteiger partial charge in [0.2, 0.25) is 0 Å². The molecule has 0 aliphatic heterocycles. The predicted octanol–water partition coefficient (Wildman–Crippen LogP) is 6.83. The Morgan fingerprint density at radius 2 is 1.17 bits per heavy atom. The van der Waals surface area contributed by atoms with Crippen molar-refractivity contribution in [2.24, 2.45) is 0 Å². The normalized spacial score (nSPS) is 10.8. The zero-order chi connectivity index (χ0) is 16.6. The Balaban J connectivity index is 2.26. The summed E-state index contributed by atoms with van der Waals surface area (Å²) in [6.07, 6.45) is 0. The van der Waals surface area contributed by atoms with E-state index in [0.717, 1.165) is 0 Å². The zero-order valence-corrected chi connectivity index (χ0v) is 13.9. The van der Waals surface area contributed by atoms with Gasteiger partial charge < -0.3 is 5.11 Å². The maximum absolute atomic E-state index is 14.1. The van der Waals surface area contributed by atoms with E-state index in [1.807, 2.05) is 0 Å². The lowest BCUT2D eigenvalue weighted by molar-refractivity contribution is 0.476. The summed E-state index contributed by atoms with van der Waals surface area (Å²) in [6.45, 7) is 0. The molecule has 116 valence electrons. The lowest BCUT2D eigenvalue weighted by atomic mass is 9.98. The van der Waals surface area contributed by atoms with Gasteiger partial charge in [-0.05, 0) is 53.6 Å². The second-order valence-electron chi connectivity index (χ2n) is 4.96. The lowest BCUT2D eigenvalue weighted by Crippen LogP contribution is -1.88. The van der Waals surface area contributed by atoms with E-state index in [4.69, 9.17) is 34.8 Å². The maximum Gasteiger partial charge on any atom is 0.132 e. The van der Waals surface area contributed by atoms with E-state index in [0.29, 0.717) is 26.7 Å². The summed E-state index contributed by atoms with van der Waals surface area (Å²) < 4.78 is 14.1. The molecule has 3 rings (SSSR count). The van der Waals surface area contributed by atoms with Crippen LogP contribution in [0.2, 0.25) is 15.1 Å². The predicted molar refractivity (Wildman–Crippen MR) is 94.0 cm³/mol. The van der Waals surface area contributed by atoms with E-state index in [2.05, 4.69) is 0 Å². The molecular formula is C18H10Cl3FO. The van der Waals surface area contributed by atoms with Crippen LogP contribution >= 0.6 is 34.8 Å². The monoisotopic (exact) mass is 366 g/mol. The van der Waals surface area contributed by atoms with Gasteiger partial charge in [-0.2, -0.15) is 0 Å². The molecule has 0 amide bonds. The van der Waals surface area contributed by atoms with Gasteiger partial charge in [0.05, 0.1) is 5.02 Å². The summed E-state index contributed by atoms with van der Waals surface area (Å²) >= 11 is 18.5. The average Bonchev–Trinajstić information content (AvgIpc) is 2.46. The third-order valence-corrected chi connectivity index (χ3v) is 4.37. The number of rotatable bonds is 2. The van der Waals surface area contributed by atoms with Crippen molar-refractivity contribution in [3.63, 3.8) is 0 Å². The number of hydrogen-bond donors (Lipinski definition) is 1. The Bertz CT molecular complexity index is 783. The second-order valence-corrected chi connectivity index (χ2v) is 6.18. The molecule has 0 fully saturated rings. The van der Waals surface area contributed by atoms with Crippen molar-refractivity contribution in [3.8, 4) is 28.0 Å². The van der Waals surface area contributed by atoms with Crippen molar-refractivity contribution in [1.82, 2.24) is 0 Å². The average molecular weight is 368 g/mol. The van der Waals surface area contributed by atoms with Crippen molar-refractivity contribution in [1.29, 1.82) is 0 Å². The highest BCUT2D eigenvalue weighted by molar-refractivity contribution is 6.39. The molecule has 0 aliphatic carbocycles. The first-order chi connectivity index (χ1) is 11.0. The van der Waals surface area contributed by atoms with E-state index in [1.165, 1.54) is 24.3 Å². The van der Waals surface area contributed by atoms with Gasteiger partial charge in [-0.1, -0.05) is 46.9 Å². The van der Waals surface area contributed by atoms with Gasteiger partial charge in [0, 0.05) is 21.2 Å². The third kappa shape index (κ3) is 3.16. The van der Waals surface area contributed by atoms with Crippen LogP contribution in [0.5, 0.6) is 5.75 Å². The number of phenols is 1. The number of phenolic OH excluding ortho intramolecular Hbond substituents is 1. The fraction of sp³-hybridized carbons (Fsp3) is 0. The van der Waals surface area contributed by atoms with Crippen molar-refractivity contribution < 1.29 is 9.50 Å². The van der Waals surface area contributed by atoms with Gasteiger partial charge in [-0.15, -0.1) is 0 Å². The van der Waals surface area contributed by atoms with Gasteiger partial charge in [0.1, 0.15) is 11.6 Å². The zero-order valence-electron chi connectivity index (χ0n) is 11.7. The molecule has 0 bridgehead atoms. The topological polar surface area (TPSA) is 20.2 Å². The Labute approximate surface area is 147 Å². The van der Waals surface area contributed by atoms with Crippen LogP contribution in [0.25, 0.3) is 22.3 Å². The minimum absolute atomic E-state index is 0.0344. The summed E-state index contributed by atoms with van der Waals surface area (Å²) in [5, 5.41) is 11.2. The van der Waals surface area contributed by atoms with Crippen LogP contribution < -0.4 is 0 Å². The van der Waals surface area contributed by atoms with Gasteiger partial charge in [-0.25, -0.2) is 4.39 Å². The van der Waals surface area contributed by atoms with Gasteiger partial charge in [0.25, 0.3) is 0 Å². The van der Waals surface area contributed by atoms with Gasteiger partial charge >= 0.3 is 0 Å². The molecule has 23 heavy (non-hydrogen) atoms. The Morgan fingerprint density at radius 3 is 1.74 bits per heavy atom. The fourth-order valence-corrected chi connectivity index (χ4v) is 3.33. The van der Waals surface area contributed by atoms with Gasteiger partial charge in [-0.3, -0.25) is 0 Å². The molecule has 1 nitrogen and oxygen atoms in total. The van der Waals surface area contributed by atoms with Crippen LogP contribution in [-0.4, -0.2) is 5.11 Å². The maximum atomic E-state index is 14.1. The second kappa shape index (κ2) is 6.40. The number of halogens is 4. The SMILES string of the molecule is Oc1cc(-c2c(F)cccc2Cl)cc(-c2c(Cl)cccc2Cl)c1. The molecule has 0 aliphatic rings. The van der Waals surface area contributed by atoms with E-state index < -0.39 is 5.82 Å². The van der Waals surface area contributed by atoms with Crippen LogP contribution in [0.1, 0.15) is 0 Å². The number of hydrogen-bond acceptors (Lipinski definition) is 1. The molecule has 0 atom stereocenters. The van der Waals surface area contributed by atoms with Crippen LogP contribution in [0, 0.1) is 5.82 Å². The summed E-state index contributed by atoms with van der Waals surface area (Å²) in [7, 11) is 0. The lowest BCUT2D eigenvalue weighted by Gasteiger charge is -2.12. The van der Waals surface area contributed by atoms with Crippen molar-refractivity contribution in [2.45, 2.75) is 0 Å². The molecule has 0 spiro atoms. The highest BCUT2D eigenvalue weighted by atomic mass is 35.5. The quantitative estimate of drug-likeness (QED) is 0.526. The first-order valence-corrected chi connectivity index (χ1v) is 7.83. The first kappa shape index (κ1) is 16.1. The molecular weight excluding hydrogens is 358 g/mol. The Kier molecular flexibility index (Phi) is 4.49. The van der Waals surface area contributed by atoms with Crippen molar-refractivity contribution >= 4 is 34.8 Å². The minimum Gasteiger partial charge on any atom is -0.508 e. The molecule has 3 aromatic carbocycles. The summed E-state index contributed by atoms with van der Waals surface area (Å²) in [5.74, 6) is -0.507. The summed E-state index contributed by atoms with van der Waals surface area (Å²) in [5.41, 5.74) is 1.81. The molecule has 0 saturated heterocycles. The largest absolute Gasteiger partial charge is 0.508 e. The molecule has 5 heteroatoms. The smallest absolute Gasteiger partial charge is 0.132 e. The van der Waals surface area contributed by atoms with E-state index in [1.54, 1.807) is 30.3 Å². The van der Waals surface area contributed by atoms with Crippen LogP contribution in [-0.2, 0) is 0 Å². The Morgan fingerprint density at radius 1 is 0.696 bits per heavy atom. The van der Waals surface area contributed by atoms with E-state index in [-0.39, 0.29) is 16.3 Å². The molecule has 0 unspecified atom stereocenters. The van der Waals surface area contributed by atoms with E-state index in [9.17, 15) is 9.50 Å². The van der Waals surface area contributed by atoms with Crippen LogP contribution in [0.15, 0.2) is 54.6 Å². The molecule has 3 aromatic rings. The molecule has 0 radical (unpaired) electrons. The first-order valence-electron chi connectivity index (χ1n) is 6.70. The highest BCUT2D eigenvalue weighted by Gasteiger charge is 2.15. The number of aromatic hydroxyl groups is 1. The standard InChI is InChI=1S/C18H10Cl3FO/c19-13-3-1-4-14(20)17(13)10-7-11(9-12(23)8-10)18-15(21)5-2-6-16(18)22/h1-9,23H.